The molecule has 0 bridgehead atoms. The van der Waals surface area contributed by atoms with Crippen molar-refractivity contribution in [1.82, 2.24) is 0 Å². The lowest BCUT2D eigenvalue weighted by Crippen LogP contribution is -2.00. The molecule has 0 fully saturated rings. The smallest absolute Gasteiger partial charge is 0.204 e. The highest BCUT2D eigenvalue weighted by atomic mass is 79.9. The second-order valence-electron chi connectivity index (χ2n) is 3.57. The lowest BCUT2D eigenvalue weighted by Gasteiger charge is -2.01. The van der Waals surface area contributed by atoms with Crippen LogP contribution >= 0.6 is 27.3 Å². The van der Waals surface area contributed by atoms with E-state index in [1.54, 1.807) is 12.1 Å². The Morgan fingerprint density at radius 3 is 2.76 bits per heavy atom. The minimum atomic E-state index is -0.399. The monoisotopic (exact) mass is 312 g/mol. The van der Waals surface area contributed by atoms with E-state index in [9.17, 15) is 9.18 Å². The van der Waals surface area contributed by atoms with Crippen molar-refractivity contribution in [3.8, 4) is 0 Å². The van der Waals surface area contributed by atoms with Crippen LogP contribution in [0.5, 0.6) is 0 Å². The summed E-state index contributed by atoms with van der Waals surface area (Å²) in [7, 11) is 0. The molecule has 88 valence electrons. The predicted octanol–water partition coefficient (Wildman–Crippen LogP) is 4.44. The SMILES string of the molecule is CCc1ccc(C(=O)c2cc(F)ccc2Br)s1. The van der Waals surface area contributed by atoms with Crippen LogP contribution in [0.3, 0.4) is 0 Å². The fourth-order valence-corrected chi connectivity index (χ4v) is 2.82. The summed E-state index contributed by atoms with van der Waals surface area (Å²) in [4.78, 5) is 14.0. The van der Waals surface area contributed by atoms with Crippen LogP contribution in [-0.4, -0.2) is 5.78 Å². The molecule has 2 aromatic rings. The van der Waals surface area contributed by atoms with E-state index < -0.39 is 5.82 Å². The topological polar surface area (TPSA) is 17.1 Å². The zero-order valence-corrected chi connectivity index (χ0v) is 11.6. The van der Waals surface area contributed by atoms with Gasteiger partial charge in [0.05, 0.1) is 4.88 Å². The van der Waals surface area contributed by atoms with Gasteiger partial charge in [0.25, 0.3) is 0 Å². The molecule has 0 aliphatic carbocycles. The summed E-state index contributed by atoms with van der Waals surface area (Å²) in [6, 6.07) is 7.87. The van der Waals surface area contributed by atoms with E-state index in [-0.39, 0.29) is 5.78 Å². The normalized spacial score (nSPS) is 10.5. The molecule has 0 atom stereocenters. The van der Waals surface area contributed by atoms with Gasteiger partial charge in [0.1, 0.15) is 5.82 Å². The minimum Gasteiger partial charge on any atom is -0.288 e. The van der Waals surface area contributed by atoms with E-state index in [0.717, 1.165) is 11.3 Å². The molecule has 0 N–H and O–H groups in total. The molecule has 0 saturated carbocycles. The van der Waals surface area contributed by atoms with E-state index in [4.69, 9.17) is 0 Å². The average molecular weight is 313 g/mol. The van der Waals surface area contributed by atoms with Gasteiger partial charge in [-0.05, 0) is 36.8 Å². The zero-order valence-electron chi connectivity index (χ0n) is 9.17. The first-order valence-electron chi connectivity index (χ1n) is 5.20. The molecule has 1 heterocycles. The number of carbonyl (C=O) groups excluding carboxylic acids is 1. The third-order valence-electron chi connectivity index (χ3n) is 2.41. The molecular weight excluding hydrogens is 303 g/mol. The highest BCUT2D eigenvalue weighted by Gasteiger charge is 2.15. The van der Waals surface area contributed by atoms with Crippen LogP contribution in [0.25, 0.3) is 0 Å². The van der Waals surface area contributed by atoms with E-state index in [2.05, 4.69) is 15.9 Å². The van der Waals surface area contributed by atoms with Gasteiger partial charge in [-0.3, -0.25) is 4.79 Å². The Kier molecular flexibility index (Phi) is 3.74. The molecule has 1 aromatic heterocycles. The number of hydrogen-bond donors (Lipinski definition) is 0. The Bertz CT molecular complexity index is 562. The maximum Gasteiger partial charge on any atom is 0.204 e. The van der Waals surface area contributed by atoms with Crippen molar-refractivity contribution in [3.05, 3.63) is 55.9 Å². The number of aryl methyl sites for hydroxylation is 1. The van der Waals surface area contributed by atoms with Gasteiger partial charge in [-0.15, -0.1) is 11.3 Å². The van der Waals surface area contributed by atoms with Crippen LogP contribution in [0.2, 0.25) is 0 Å². The van der Waals surface area contributed by atoms with Gasteiger partial charge in [-0.2, -0.15) is 0 Å². The number of benzene rings is 1. The van der Waals surface area contributed by atoms with Crippen molar-refractivity contribution in [2.75, 3.05) is 0 Å². The average Bonchev–Trinajstić information content (AvgIpc) is 2.80. The standard InChI is InChI=1S/C13H10BrFOS/c1-2-9-4-6-12(17-9)13(16)10-7-8(15)3-5-11(10)14/h3-7H,2H2,1H3. The lowest BCUT2D eigenvalue weighted by molar-refractivity contribution is 0.104. The van der Waals surface area contributed by atoms with Crippen molar-refractivity contribution in [3.63, 3.8) is 0 Å². The largest absolute Gasteiger partial charge is 0.288 e. The molecule has 2 rings (SSSR count). The van der Waals surface area contributed by atoms with Gasteiger partial charge in [0, 0.05) is 14.9 Å². The number of thiophene rings is 1. The Morgan fingerprint density at radius 2 is 2.12 bits per heavy atom. The molecule has 1 nitrogen and oxygen atoms in total. The number of hydrogen-bond acceptors (Lipinski definition) is 2. The van der Waals surface area contributed by atoms with Crippen molar-refractivity contribution >= 4 is 33.0 Å². The fourth-order valence-electron chi connectivity index (χ4n) is 1.49. The van der Waals surface area contributed by atoms with E-state index in [0.29, 0.717) is 14.9 Å². The maximum atomic E-state index is 13.1. The molecule has 17 heavy (non-hydrogen) atoms. The molecular formula is C13H10BrFOS. The highest BCUT2D eigenvalue weighted by molar-refractivity contribution is 9.10. The molecule has 0 unspecified atom stereocenters. The van der Waals surface area contributed by atoms with Crippen LogP contribution in [0, 0.1) is 5.82 Å². The van der Waals surface area contributed by atoms with E-state index in [1.165, 1.54) is 23.5 Å². The number of carbonyl (C=O) groups is 1. The minimum absolute atomic E-state index is 0.138. The van der Waals surface area contributed by atoms with Crippen LogP contribution in [-0.2, 0) is 6.42 Å². The fraction of sp³-hybridized carbons (Fsp3) is 0.154. The predicted molar refractivity (Wildman–Crippen MR) is 71.2 cm³/mol. The molecule has 0 aliphatic rings. The van der Waals surface area contributed by atoms with E-state index in [1.807, 2.05) is 13.0 Å². The highest BCUT2D eigenvalue weighted by Crippen LogP contribution is 2.25. The second kappa shape index (κ2) is 5.10. The van der Waals surface area contributed by atoms with Crippen molar-refractivity contribution in [1.29, 1.82) is 0 Å². The summed E-state index contributed by atoms with van der Waals surface area (Å²) in [5, 5.41) is 0. The Labute approximate surface area is 111 Å². The second-order valence-corrected chi connectivity index (χ2v) is 5.60. The molecule has 0 aliphatic heterocycles. The van der Waals surface area contributed by atoms with Crippen LogP contribution in [0.4, 0.5) is 4.39 Å². The Balaban J connectivity index is 2.39. The van der Waals surface area contributed by atoms with Gasteiger partial charge in [0.15, 0.2) is 0 Å². The lowest BCUT2D eigenvalue weighted by atomic mass is 10.1. The van der Waals surface area contributed by atoms with Crippen LogP contribution < -0.4 is 0 Å². The van der Waals surface area contributed by atoms with Crippen LogP contribution in [0.15, 0.2) is 34.8 Å². The molecule has 0 amide bonds. The van der Waals surface area contributed by atoms with Gasteiger partial charge < -0.3 is 0 Å². The number of rotatable bonds is 3. The first kappa shape index (κ1) is 12.5. The first-order valence-corrected chi connectivity index (χ1v) is 6.81. The molecule has 0 spiro atoms. The Hall–Kier alpha value is -1.00. The number of halogens is 2. The summed E-state index contributed by atoms with van der Waals surface area (Å²) in [5.41, 5.74) is 0.370. The van der Waals surface area contributed by atoms with Crippen LogP contribution in [0.1, 0.15) is 27.0 Å². The van der Waals surface area contributed by atoms with Gasteiger partial charge >= 0.3 is 0 Å². The summed E-state index contributed by atoms with van der Waals surface area (Å²) in [5.74, 6) is -0.537. The quantitative estimate of drug-likeness (QED) is 0.766. The van der Waals surface area contributed by atoms with Crippen molar-refractivity contribution in [2.45, 2.75) is 13.3 Å². The maximum absolute atomic E-state index is 13.1. The summed E-state index contributed by atoms with van der Waals surface area (Å²) >= 11 is 4.73. The summed E-state index contributed by atoms with van der Waals surface area (Å²) < 4.78 is 13.7. The molecule has 0 radical (unpaired) electrons. The van der Waals surface area contributed by atoms with Gasteiger partial charge in [-0.1, -0.05) is 22.9 Å². The molecule has 1 aromatic carbocycles. The van der Waals surface area contributed by atoms with E-state index >= 15 is 0 Å². The molecule has 4 heteroatoms. The third-order valence-corrected chi connectivity index (χ3v) is 4.33. The number of ketones is 1. The third kappa shape index (κ3) is 2.64. The first-order chi connectivity index (χ1) is 8.11. The molecule has 0 saturated heterocycles. The summed E-state index contributed by atoms with van der Waals surface area (Å²) in [6.45, 7) is 2.04. The Morgan fingerprint density at radius 1 is 1.35 bits per heavy atom. The van der Waals surface area contributed by atoms with Crippen molar-refractivity contribution in [2.24, 2.45) is 0 Å². The van der Waals surface area contributed by atoms with Crippen molar-refractivity contribution < 1.29 is 9.18 Å². The van der Waals surface area contributed by atoms with Gasteiger partial charge in [0.2, 0.25) is 5.78 Å². The zero-order chi connectivity index (χ0) is 12.4. The summed E-state index contributed by atoms with van der Waals surface area (Å²) in [6.07, 6.45) is 0.905. The van der Waals surface area contributed by atoms with Gasteiger partial charge in [-0.25, -0.2) is 4.39 Å².